The second-order valence-electron chi connectivity index (χ2n) is 5.89. The third-order valence-corrected chi connectivity index (χ3v) is 5.31. The maximum absolute atomic E-state index is 10.6. The van der Waals surface area contributed by atoms with Crippen molar-refractivity contribution in [2.24, 2.45) is 0 Å². The van der Waals surface area contributed by atoms with E-state index in [9.17, 15) is 13.2 Å². The van der Waals surface area contributed by atoms with Crippen LogP contribution in [0.5, 0.6) is 0 Å². The summed E-state index contributed by atoms with van der Waals surface area (Å²) in [5.74, 6) is -2.76. The maximum atomic E-state index is 10.6. The van der Waals surface area contributed by atoms with Gasteiger partial charge in [-0.1, -0.05) is 0 Å². The SMILES string of the molecule is CO[C@@H]1CC[C@H]2[C@H]1OCCN2Cc1scnc1C.O=C(O)C(F)(F)F. The number of hydrogen-bond donors (Lipinski definition) is 1. The Morgan fingerprint density at radius 3 is 2.72 bits per heavy atom. The molecular formula is C15H21F3N2O4S. The van der Waals surface area contributed by atoms with Gasteiger partial charge in [0.05, 0.1) is 30.0 Å². The van der Waals surface area contributed by atoms with Crippen LogP contribution in [0.1, 0.15) is 23.4 Å². The van der Waals surface area contributed by atoms with E-state index >= 15 is 0 Å². The van der Waals surface area contributed by atoms with Gasteiger partial charge >= 0.3 is 12.1 Å². The number of carboxylic acids is 1. The van der Waals surface area contributed by atoms with Gasteiger partial charge in [-0.2, -0.15) is 13.2 Å². The number of nitrogens with zero attached hydrogens (tertiary/aromatic N) is 2. The molecule has 142 valence electrons. The molecule has 6 nitrogen and oxygen atoms in total. The highest BCUT2D eigenvalue weighted by atomic mass is 32.1. The first-order valence-corrected chi connectivity index (χ1v) is 8.69. The Labute approximate surface area is 147 Å². The molecular weight excluding hydrogens is 361 g/mol. The molecule has 3 rings (SSSR count). The van der Waals surface area contributed by atoms with Gasteiger partial charge in [-0.15, -0.1) is 11.3 Å². The molecule has 2 fully saturated rings. The van der Waals surface area contributed by atoms with Crippen molar-refractivity contribution < 1.29 is 32.5 Å². The molecule has 1 N–H and O–H groups in total. The van der Waals surface area contributed by atoms with Crippen LogP contribution in [0.4, 0.5) is 13.2 Å². The Bertz CT molecular complexity index is 581. The third-order valence-electron chi connectivity index (χ3n) is 4.39. The Kier molecular flexibility index (Phi) is 6.78. The summed E-state index contributed by atoms with van der Waals surface area (Å²) in [6.07, 6.45) is -2.25. The molecule has 2 aliphatic rings. The van der Waals surface area contributed by atoms with E-state index in [0.29, 0.717) is 6.04 Å². The van der Waals surface area contributed by atoms with Gasteiger partial charge in [-0.05, 0) is 19.8 Å². The second kappa shape index (κ2) is 8.43. The number of fused-ring (bicyclic) bond motifs is 1. The van der Waals surface area contributed by atoms with Crippen LogP contribution in [0.15, 0.2) is 5.51 Å². The first-order chi connectivity index (χ1) is 11.7. The summed E-state index contributed by atoms with van der Waals surface area (Å²) in [5.41, 5.74) is 3.11. The highest BCUT2D eigenvalue weighted by Crippen LogP contribution is 2.33. The van der Waals surface area contributed by atoms with E-state index in [4.69, 9.17) is 19.4 Å². The van der Waals surface area contributed by atoms with Crippen molar-refractivity contribution in [3.8, 4) is 0 Å². The number of thiazole rings is 1. The summed E-state index contributed by atoms with van der Waals surface area (Å²) in [4.78, 5) is 17.2. The molecule has 1 aromatic heterocycles. The minimum Gasteiger partial charge on any atom is -0.475 e. The third kappa shape index (κ3) is 5.13. The van der Waals surface area contributed by atoms with E-state index in [-0.39, 0.29) is 12.2 Å². The topological polar surface area (TPSA) is 71.9 Å². The zero-order chi connectivity index (χ0) is 18.6. The number of methoxy groups -OCH3 is 1. The molecule has 0 amide bonds. The van der Waals surface area contributed by atoms with Gasteiger partial charge in [0.25, 0.3) is 0 Å². The molecule has 1 aliphatic heterocycles. The van der Waals surface area contributed by atoms with Crippen molar-refractivity contribution in [1.82, 2.24) is 9.88 Å². The van der Waals surface area contributed by atoms with Crippen LogP contribution < -0.4 is 0 Å². The second-order valence-corrected chi connectivity index (χ2v) is 6.83. The normalized spacial score (nSPS) is 26.7. The van der Waals surface area contributed by atoms with Crippen molar-refractivity contribution in [2.75, 3.05) is 20.3 Å². The van der Waals surface area contributed by atoms with Gasteiger partial charge in [-0.3, -0.25) is 4.90 Å². The number of alkyl halides is 3. The highest BCUT2D eigenvalue weighted by Gasteiger charge is 2.43. The quantitative estimate of drug-likeness (QED) is 0.866. The Morgan fingerprint density at radius 1 is 1.52 bits per heavy atom. The molecule has 0 bridgehead atoms. The minimum absolute atomic E-state index is 0.261. The summed E-state index contributed by atoms with van der Waals surface area (Å²) in [7, 11) is 1.79. The fraction of sp³-hybridized carbons (Fsp3) is 0.733. The Balaban J connectivity index is 0.000000277. The minimum atomic E-state index is -5.08. The van der Waals surface area contributed by atoms with Gasteiger partial charge in [0.1, 0.15) is 0 Å². The zero-order valence-corrected chi connectivity index (χ0v) is 14.8. The van der Waals surface area contributed by atoms with E-state index in [0.717, 1.165) is 26.1 Å². The maximum Gasteiger partial charge on any atom is 0.490 e. The smallest absolute Gasteiger partial charge is 0.475 e. The molecule has 2 heterocycles. The molecule has 0 unspecified atom stereocenters. The lowest BCUT2D eigenvalue weighted by Crippen LogP contribution is -2.51. The zero-order valence-electron chi connectivity index (χ0n) is 14.0. The molecule has 1 saturated carbocycles. The fourth-order valence-electron chi connectivity index (χ4n) is 3.10. The van der Waals surface area contributed by atoms with Gasteiger partial charge in [0.2, 0.25) is 0 Å². The van der Waals surface area contributed by atoms with Crippen LogP contribution in [-0.4, -0.2) is 65.6 Å². The standard InChI is InChI=1S/C13H20N2O2S.C2HF3O2/c1-9-12(18-8-14-9)7-15-5-6-17-13-10(15)3-4-11(13)16-2;3-2(4,5)1(6)7/h8,10-11,13H,3-7H2,1-2H3;(H,6,7)/t10-,11+,13+;/m0./s1. The lowest BCUT2D eigenvalue weighted by Gasteiger charge is -2.38. The molecule has 0 aromatic carbocycles. The average molecular weight is 382 g/mol. The van der Waals surface area contributed by atoms with Crippen LogP contribution in [0.25, 0.3) is 0 Å². The lowest BCUT2D eigenvalue weighted by atomic mass is 10.1. The molecule has 1 saturated heterocycles. The summed E-state index contributed by atoms with van der Waals surface area (Å²) in [6.45, 7) is 4.95. The van der Waals surface area contributed by atoms with E-state index in [1.54, 1.807) is 18.4 Å². The van der Waals surface area contributed by atoms with Crippen LogP contribution in [0.3, 0.4) is 0 Å². The molecule has 0 radical (unpaired) electrons. The van der Waals surface area contributed by atoms with Crippen molar-refractivity contribution in [3.05, 3.63) is 16.1 Å². The van der Waals surface area contributed by atoms with Gasteiger partial charge in [0, 0.05) is 31.1 Å². The number of hydrogen-bond acceptors (Lipinski definition) is 6. The monoisotopic (exact) mass is 382 g/mol. The molecule has 0 spiro atoms. The average Bonchev–Trinajstić information content (AvgIpc) is 3.14. The molecule has 1 aliphatic carbocycles. The number of morpholine rings is 1. The predicted molar refractivity (Wildman–Crippen MR) is 84.5 cm³/mol. The van der Waals surface area contributed by atoms with Crippen LogP contribution in [0.2, 0.25) is 0 Å². The number of aryl methyl sites for hydroxylation is 1. The largest absolute Gasteiger partial charge is 0.490 e. The molecule has 3 atom stereocenters. The lowest BCUT2D eigenvalue weighted by molar-refractivity contribution is -0.192. The van der Waals surface area contributed by atoms with Crippen molar-refractivity contribution >= 4 is 17.3 Å². The molecule has 1 aromatic rings. The van der Waals surface area contributed by atoms with Crippen LogP contribution in [0, 0.1) is 6.92 Å². The van der Waals surface area contributed by atoms with Crippen LogP contribution >= 0.6 is 11.3 Å². The molecule has 10 heteroatoms. The number of aromatic nitrogens is 1. The number of aliphatic carboxylic acids is 1. The number of carboxylic acid groups (broad SMARTS) is 1. The number of halogens is 3. The summed E-state index contributed by atoms with van der Waals surface area (Å²) in [6, 6.07) is 0.519. The van der Waals surface area contributed by atoms with Crippen LogP contribution in [-0.2, 0) is 20.8 Å². The fourth-order valence-corrected chi connectivity index (χ4v) is 3.90. The van der Waals surface area contributed by atoms with Crippen molar-refractivity contribution in [2.45, 2.75) is 50.7 Å². The van der Waals surface area contributed by atoms with Gasteiger partial charge in [0.15, 0.2) is 0 Å². The van der Waals surface area contributed by atoms with Crippen molar-refractivity contribution in [3.63, 3.8) is 0 Å². The van der Waals surface area contributed by atoms with E-state index < -0.39 is 12.1 Å². The summed E-state index contributed by atoms with van der Waals surface area (Å²) < 4.78 is 43.2. The van der Waals surface area contributed by atoms with Crippen molar-refractivity contribution in [1.29, 1.82) is 0 Å². The number of carbonyl (C=O) groups is 1. The summed E-state index contributed by atoms with van der Waals surface area (Å²) in [5, 5.41) is 7.12. The van der Waals surface area contributed by atoms with Gasteiger partial charge in [-0.25, -0.2) is 9.78 Å². The molecule has 25 heavy (non-hydrogen) atoms. The first-order valence-electron chi connectivity index (χ1n) is 7.81. The van der Waals surface area contributed by atoms with E-state index in [1.165, 1.54) is 17.0 Å². The number of rotatable bonds is 3. The van der Waals surface area contributed by atoms with E-state index in [1.807, 2.05) is 5.51 Å². The van der Waals surface area contributed by atoms with E-state index in [2.05, 4.69) is 16.8 Å². The summed E-state index contributed by atoms with van der Waals surface area (Å²) >= 11 is 1.76. The Morgan fingerprint density at radius 2 is 2.20 bits per heavy atom. The Hall–Kier alpha value is -1.23. The van der Waals surface area contributed by atoms with Gasteiger partial charge < -0.3 is 14.6 Å². The highest BCUT2D eigenvalue weighted by molar-refractivity contribution is 7.09. The predicted octanol–water partition coefficient (Wildman–Crippen LogP) is 2.46. The number of ether oxygens (including phenoxy) is 2. The first kappa shape index (κ1) is 20.1.